The predicted octanol–water partition coefficient (Wildman–Crippen LogP) is 1.51. The number of aliphatic hydroxyl groups is 1. The molecular formula is C19H27N5O2. The van der Waals surface area contributed by atoms with E-state index >= 15 is 0 Å². The number of rotatable bonds is 3. The van der Waals surface area contributed by atoms with Gasteiger partial charge in [0.15, 0.2) is 5.65 Å². The normalized spacial score (nSPS) is 24.1. The van der Waals surface area contributed by atoms with E-state index in [0.29, 0.717) is 38.4 Å². The highest BCUT2D eigenvalue weighted by Gasteiger charge is 2.36. The van der Waals surface area contributed by atoms with Crippen LogP contribution in [0, 0.1) is 0 Å². The summed E-state index contributed by atoms with van der Waals surface area (Å²) in [5.41, 5.74) is 1.26. The van der Waals surface area contributed by atoms with Gasteiger partial charge in [-0.15, -0.1) is 0 Å². The van der Waals surface area contributed by atoms with Crippen molar-refractivity contribution < 1.29 is 9.90 Å². The van der Waals surface area contributed by atoms with Gasteiger partial charge in [0.25, 0.3) is 0 Å². The van der Waals surface area contributed by atoms with Gasteiger partial charge in [0.2, 0.25) is 5.91 Å². The topological polar surface area (TPSA) is 85.4 Å². The number of aromatic amines is 1. The third kappa shape index (κ3) is 3.59. The molecule has 26 heavy (non-hydrogen) atoms. The highest BCUT2D eigenvalue weighted by Crippen LogP contribution is 2.30. The first kappa shape index (κ1) is 17.4. The molecule has 2 aromatic heterocycles. The molecule has 4 rings (SSSR count). The molecule has 2 aromatic rings. The summed E-state index contributed by atoms with van der Waals surface area (Å²) < 4.78 is 0. The first-order valence-electron chi connectivity index (χ1n) is 9.53. The van der Waals surface area contributed by atoms with Crippen molar-refractivity contribution in [3.63, 3.8) is 0 Å². The van der Waals surface area contributed by atoms with Crippen LogP contribution in [0.15, 0.2) is 18.3 Å². The smallest absolute Gasteiger partial charge is 0.219 e. The number of amides is 1. The SMILES string of the molecule is CC(=O)N1CCC(O)(CN2CCC[C@@H](c3ccc4cn[nH]c4n3)C2)CC1. The highest BCUT2D eigenvalue weighted by atomic mass is 16.3. The second kappa shape index (κ2) is 6.96. The lowest BCUT2D eigenvalue weighted by molar-refractivity contribution is -0.133. The Kier molecular flexibility index (Phi) is 4.67. The molecule has 0 aromatic carbocycles. The molecule has 140 valence electrons. The maximum atomic E-state index is 11.5. The summed E-state index contributed by atoms with van der Waals surface area (Å²) in [6, 6.07) is 4.18. The van der Waals surface area contributed by atoms with E-state index in [2.05, 4.69) is 27.2 Å². The molecular weight excluding hydrogens is 330 g/mol. The Hall–Kier alpha value is -1.99. The zero-order valence-corrected chi connectivity index (χ0v) is 15.3. The maximum absolute atomic E-state index is 11.5. The first-order chi connectivity index (χ1) is 12.5. The lowest BCUT2D eigenvalue weighted by Crippen LogP contribution is -2.53. The number of piperidine rings is 2. The van der Waals surface area contributed by atoms with Crippen LogP contribution in [0.3, 0.4) is 0 Å². The third-order valence-corrected chi connectivity index (χ3v) is 5.90. The van der Waals surface area contributed by atoms with Gasteiger partial charge in [-0.25, -0.2) is 4.98 Å². The van der Waals surface area contributed by atoms with E-state index in [1.807, 2.05) is 4.90 Å². The van der Waals surface area contributed by atoms with E-state index in [9.17, 15) is 9.90 Å². The number of aromatic nitrogens is 3. The molecule has 7 heteroatoms. The van der Waals surface area contributed by atoms with E-state index in [1.54, 1.807) is 13.1 Å². The van der Waals surface area contributed by atoms with Crippen LogP contribution in [0.2, 0.25) is 0 Å². The van der Waals surface area contributed by atoms with Crippen LogP contribution in [-0.2, 0) is 4.79 Å². The van der Waals surface area contributed by atoms with Gasteiger partial charge in [-0.3, -0.25) is 14.8 Å². The number of carbonyl (C=O) groups is 1. The summed E-state index contributed by atoms with van der Waals surface area (Å²) in [4.78, 5) is 20.4. The van der Waals surface area contributed by atoms with Crippen molar-refractivity contribution in [1.29, 1.82) is 0 Å². The number of likely N-dealkylation sites (tertiary alicyclic amines) is 2. The van der Waals surface area contributed by atoms with Crippen LogP contribution in [0.4, 0.5) is 0 Å². The van der Waals surface area contributed by atoms with Crippen LogP contribution >= 0.6 is 0 Å². The van der Waals surface area contributed by atoms with Gasteiger partial charge in [0.1, 0.15) is 0 Å². The number of carbonyl (C=O) groups excluding carboxylic acids is 1. The molecule has 2 aliphatic heterocycles. The van der Waals surface area contributed by atoms with E-state index < -0.39 is 5.60 Å². The van der Waals surface area contributed by atoms with E-state index in [4.69, 9.17) is 4.98 Å². The molecule has 0 bridgehead atoms. The number of pyridine rings is 1. The molecule has 0 saturated carbocycles. The Labute approximate surface area is 153 Å². The number of hydrogen-bond acceptors (Lipinski definition) is 5. The van der Waals surface area contributed by atoms with Crippen molar-refractivity contribution in [3.8, 4) is 0 Å². The Balaban J connectivity index is 1.40. The number of β-amino-alcohol motifs (C(OH)–C–C–N with tert-alkyl or cyclic N) is 1. The lowest BCUT2D eigenvalue weighted by atomic mass is 9.88. The molecule has 7 nitrogen and oxygen atoms in total. The van der Waals surface area contributed by atoms with E-state index in [0.717, 1.165) is 42.7 Å². The molecule has 0 unspecified atom stereocenters. The maximum Gasteiger partial charge on any atom is 0.219 e. The number of hydrogen-bond donors (Lipinski definition) is 2. The number of fused-ring (bicyclic) bond motifs is 1. The second-order valence-corrected chi connectivity index (χ2v) is 7.85. The molecule has 0 aliphatic carbocycles. The van der Waals surface area contributed by atoms with E-state index in [-0.39, 0.29) is 5.91 Å². The Morgan fingerprint density at radius 2 is 2.15 bits per heavy atom. The Morgan fingerprint density at radius 3 is 2.92 bits per heavy atom. The molecule has 2 saturated heterocycles. The predicted molar refractivity (Wildman–Crippen MR) is 98.7 cm³/mol. The summed E-state index contributed by atoms with van der Waals surface area (Å²) in [6.45, 7) is 5.53. The average Bonchev–Trinajstić information content (AvgIpc) is 3.09. The van der Waals surface area contributed by atoms with Gasteiger partial charge >= 0.3 is 0 Å². The van der Waals surface area contributed by atoms with Gasteiger partial charge < -0.3 is 10.0 Å². The van der Waals surface area contributed by atoms with Crippen LogP contribution in [0.1, 0.15) is 44.2 Å². The van der Waals surface area contributed by atoms with Crippen molar-refractivity contribution in [3.05, 3.63) is 24.0 Å². The van der Waals surface area contributed by atoms with Crippen LogP contribution in [0.25, 0.3) is 11.0 Å². The molecule has 1 atom stereocenters. The monoisotopic (exact) mass is 357 g/mol. The first-order valence-corrected chi connectivity index (χ1v) is 9.53. The third-order valence-electron chi connectivity index (χ3n) is 5.90. The van der Waals surface area contributed by atoms with Crippen LogP contribution < -0.4 is 0 Å². The second-order valence-electron chi connectivity index (χ2n) is 7.85. The summed E-state index contributed by atoms with van der Waals surface area (Å²) in [6.07, 6.45) is 5.35. The zero-order chi connectivity index (χ0) is 18.1. The average molecular weight is 357 g/mol. The minimum absolute atomic E-state index is 0.102. The van der Waals surface area contributed by atoms with Crippen molar-refractivity contribution in [2.24, 2.45) is 0 Å². The molecule has 0 spiro atoms. The fraction of sp³-hybridized carbons (Fsp3) is 0.632. The summed E-state index contributed by atoms with van der Waals surface area (Å²) in [5.74, 6) is 0.489. The fourth-order valence-electron chi connectivity index (χ4n) is 4.32. The van der Waals surface area contributed by atoms with Gasteiger partial charge in [0.05, 0.1) is 11.8 Å². The van der Waals surface area contributed by atoms with Gasteiger partial charge in [-0.05, 0) is 44.4 Å². The van der Waals surface area contributed by atoms with Crippen molar-refractivity contribution in [2.75, 3.05) is 32.7 Å². The number of H-pyrrole nitrogens is 1. The quantitative estimate of drug-likeness (QED) is 0.870. The molecule has 1 amide bonds. The summed E-state index contributed by atoms with van der Waals surface area (Å²) in [5, 5.41) is 19.0. The Bertz CT molecular complexity index is 781. The molecule has 4 heterocycles. The lowest BCUT2D eigenvalue weighted by Gasteiger charge is -2.42. The summed E-state index contributed by atoms with van der Waals surface area (Å²) in [7, 11) is 0. The molecule has 2 aliphatic rings. The molecule has 2 fully saturated rings. The number of nitrogens with zero attached hydrogens (tertiary/aromatic N) is 4. The van der Waals surface area contributed by atoms with E-state index in [1.165, 1.54) is 0 Å². The minimum atomic E-state index is -0.686. The Morgan fingerprint density at radius 1 is 1.35 bits per heavy atom. The summed E-state index contributed by atoms with van der Waals surface area (Å²) >= 11 is 0. The van der Waals surface area contributed by atoms with Crippen LogP contribution in [0.5, 0.6) is 0 Å². The number of nitrogens with one attached hydrogen (secondary N) is 1. The zero-order valence-electron chi connectivity index (χ0n) is 15.3. The van der Waals surface area contributed by atoms with Crippen molar-refractivity contribution >= 4 is 16.9 Å². The molecule has 2 N–H and O–H groups in total. The minimum Gasteiger partial charge on any atom is -0.388 e. The van der Waals surface area contributed by atoms with Crippen LogP contribution in [-0.4, -0.2) is 74.3 Å². The standard InChI is InChI=1S/C19H27N5O2/c1-14(25)24-9-6-19(26,7-10-24)13-23-8-2-3-16(12-23)17-5-4-15-11-20-22-18(15)21-17/h4-5,11,16,26H,2-3,6-10,12-13H2,1H3,(H,20,21,22)/t16-/m1/s1. The highest BCUT2D eigenvalue weighted by molar-refractivity contribution is 5.74. The van der Waals surface area contributed by atoms with Gasteiger partial charge in [0, 0.05) is 50.1 Å². The van der Waals surface area contributed by atoms with Crippen molar-refractivity contribution in [1.82, 2.24) is 25.0 Å². The van der Waals surface area contributed by atoms with Crippen molar-refractivity contribution in [2.45, 2.75) is 44.1 Å². The molecule has 0 radical (unpaired) electrons. The largest absolute Gasteiger partial charge is 0.388 e. The van der Waals surface area contributed by atoms with Gasteiger partial charge in [-0.1, -0.05) is 0 Å². The van der Waals surface area contributed by atoms with Gasteiger partial charge in [-0.2, -0.15) is 5.10 Å². The fourth-order valence-corrected chi connectivity index (χ4v) is 4.32.